The molecule has 0 unspecified atom stereocenters. The van der Waals surface area contributed by atoms with Crippen LogP contribution in [0.15, 0.2) is 59.5 Å². The second-order valence-corrected chi connectivity index (χ2v) is 8.33. The molecule has 0 heterocycles. The summed E-state index contributed by atoms with van der Waals surface area (Å²) in [6, 6.07) is 14.2. The maximum absolute atomic E-state index is 12.6. The number of carbonyl (C=O) groups excluding carboxylic acids is 2. The van der Waals surface area contributed by atoms with Crippen LogP contribution in [0.4, 0.5) is 5.69 Å². The van der Waals surface area contributed by atoms with Crippen molar-refractivity contribution >= 4 is 27.6 Å². The van der Waals surface area contributed by atoms with Crippen molar-refractivity contribution in [2.75, 3.05) is 25.7 Å². The third kappa shape index (κ3) is 5.41. The van der Waals surface area contributed by atoms with Crippen LogP contribution in [-0.2, 0) is 24.4 Å². The summed E-state index contributed by atoms with van der Waals surface area (Å²) >= 11 is 0. The Balaban J connectivity index is 2.06. The molecule has 0 bridgehead atoms. The summed E-state index contributed by atoms with van der Waals surface area (Å²) in [5.74, 6) is -1.08. The molecule has 2 aromatic carbocycles. The summed E-state index contributed by atoms with van der Waals surface area (Å²) in [6.07, 6.45) is 0. The summed E-state index contributed by atoms with van der Waals surface area (Å²) in [6.45, 7) is 3.30. The van der Waals surface area contributed by atoms with E-state index in [1.54, 1.807) is 17.0 Å². The lowest BCUT2D eigenvalue weighted by Crippen LogP contribution is -2.39. The van der Waals surface area contributed by atoms with Gasteiger partial charge in [0.25, 0.3) is 15.9 Å². The first-order chi connectivity index (χ1) is 13.7. The Hall–Kier alpha value is -2.75. The van der Waals surface area contributed by atoms with Crippen LogP contribution in [0.1, 0.15) is 24.2 Å². The van der Waals surface area contributed by atoms with Gasteiger partial charge in [0.1, 0.15) is 0 Å². The van der Waals surface area contributed by atoms with Crippen molar-refractivity contribution in [1.29, 1.82) is 0 Å². The second-order valence-electron chi connectivity index (χ2n) is 6.39. The van der Waals surface area contributed by atoms with Gasteiger partial charge in [0.05, 0.1) is 17.6 Å². The van der Waals surface area contributed by atoms with E-state index in [4.69, 9.17) is 9.57 Å². The van der Waals surface area contributed by atoms with E-state index in [1.165, 1.54) is 38.4 Å². The van der Waals surface area contributed by atoms with Gasteiger partial charge in [-0.05, 0) is 50.2 Å². The minimum Gasteiger partial charge on any atom is -0.452 e. The average molecular weight is 420 g/mol. The number of esters is 1. The lowest BCUT2D eigenvalue weighted by atomic mass is 10.2. The molecule has 156 valence electrons. The van der Waals surface area contributed by atoms with E-state index < -0.39 is 22.6 Å². The predicted octanol–water partition coefficient (Wildman–Crippen LogP) is 2.47. The summed E-state index contributed by atoms with van der Waals surface area (Å²) in [5.41, 5.74) is 0.841. The van der Waals surface area contributed by atoms with E-state index in [0.717, 1.165) is 0 Å². The standard InChI is InChI=1S/C20H24N2O6S/c1-15(2)22(17-8-6-5-7-9-17)19(23)14-28-20(24)16-10-12-18(13-11-16)29(25,26)21(3)27-4/h5-13,15H,14H2,1-4H3. The van der Waals surface area contributed by atoms with Gasteiger partial charge in [-0.3, -0.25) is 9.63 Å². The first kappa shape index (κ1) is 22.5. The fraction of sp³-hybridized carbons (Fsp3) is 0.300. The van der Waals surface area contributed by atoms with Gasteiger partial charge >= 0.3 is 5.97 Å². The van der Waals surface area contributed by atoms with Gasteiger partial charge in [-0.2, -0.15) is 0 Å². The van der Waals surface area contributed by atoms with Crippen LogP contribution in [-0.4, -0.2) is 51.6 Å². The molecule has 0 atom stereocenters. The highest BCUT2D eigenvalue weighted by molar-refractivity contribution is 7.89. The van der Waals surface area contributed by atoms with Crippen LogP contribution in [0.5, 0.6) is 0 Å². The molecule has 0 aliphatic rings. The molecule has 2 aromatic rings. The molecule has 0 spiro atoms. The van der Waals surface area contributed by atoms with Crippen LogP contribution in [0.3, 0.4) is 0 Å². The zero-order chi connectivity index (χ0) is 21.6. The van der Waals surface area contributed by atoms with Crippen molar-refractivity contribution in [3.8, 4) is 0 Å². The Bertz CT molecular complexity index is 943. The van der Waals surface area contributed by atoms with Crippen LogP contribution in [0.2, 0.25) is 0 Å². The third-order valence-electron chi connectivity index (χ3n) is 4.13. The fourth-order valence-electron chi connectivity index (χ4n) is 2.61. The Morgan fingerprint density at radius 3 is 2.10 bits per heavy atom. The monoisotopic (exact) mass is 420 g/mol. The summed E-state index contributed by atoms with van der Waals surface area (Å²) in [5, 5.41) is 0. The first-order valence-corrected chi connectivity index (χ1v) is 10.3. The molecule has 0 saturated carbocycles. The van der Waals surface area contributed by atoms with E-state index >= 15 is 0 Å². The summed E-state index contributed by atoms with van der Waals surface area (Å²) in [4.78, 5) is 31.0. The van der Waals surface area contributed by atoms with E-state index in [2.05, 4.69) is 0 Å². The van der Waals surface area contributed by atoms with Gasteiger partial charge in [0, 0.05) is 18.8 Å². The molecule has 9 heteroatoms. The topological polar surface area (TPSA) is 93.2 Å². The van der Waals surface area contributed by atoms with Crippen LogP contribution in [0, 0.1) is 0 Å². The number of nitrogens with zero attached hydrogens (tertiary/aromatic N) is 2. The van der Waals surface area contributed by atoms with Crippen molar-refractivity contribution < 1.29 is 27.6 Å². The van der Waals surface area contributed by atoms with E-state index in [1.807, 2.05) is 32.0 Å². The van der Waals surface area contributed by atoms with Crippen molar-refractivity contribution in [2.45, 2.75) is 24.8 Å². The fourth-order valence-corrected chi connectivity index (χ4v) is 3.58. The summed E-state index contributed by atoms with van der Waals surface area (Å²) < 4.78 is 30.2. The van der Waals surface area contributed by atoms with E-state index in [0.29, 0.717) is 10.2 Å². The number of hydroxylamine groups is 1. The first-order valence-electron chi connectivity index (χ1n) is 8.85. The van der Waals surface area contributed by atoms with Crippen molar-refractivity contribution in [3.05, 3.63) is 60.2 Å². The van der Waals surface area contributed by atoms with Gasteiger partial charge in [-0.1, -0.05) is 22.7 Å². The highest BCUT2D eigenvalue weighted by Crippen LogP contribution is 2.18. The molecule has 0 aliphatic heterocycles. The number of amides is 1. The Labute approximate surface area is 170 Å². The van der Waals surface area contributed by atoms with Crippen molar-refractivity contribution in [2.24, 2.45) is 0 Å². The quantitative estimate of drug-likeness (QED) is 0.481. The SMILES string of the molecule is CON(C)S(=O)(=O)c1ccc(C(=O)OCC(=O)N(c2ccccc2)C(C)C)cc1. The largest absolute Gasteiger partial charge is 0.452 e. The minimum atomic E-state index is -3.81. The number of ether oxygens (including phenoxy) is 1. The molecular weight excluding hydrogens is 396 g/mol. The third-order valence-corrected chi connectivity index (χ3v) is 5.82. The smallest absolute Gasteiger partial charge is 0.338 e. The van der Waals surface area contributed by atoms with Gasteiger partial charge < -0.3 is 9.64 Å². The maximum Gasteiger partial charge on any atom is 0.338 e. The number of carbonyl (C=O) groups is 2. The van der Waals surface area contributed by atoms with E-state index in [-0.39, 0.29) is 22.4 Å². The van der Waals surface area contributed by atoms with Gasteiger partial charge in [-0.25, -0.2) is 13.2 Å². The number of para-hydroxylation sites is 1. The highest BCUT2D eigenvalue weighted by atomic mass is 32.2. The molecule has 0 saturated heterocycles. The van der Waals surface area contributed by atoms with Gasteiger partial charge in [0.15, 0.2) is 6.61 Å². The van der Waals surface area contributed by atoms with Crippen LogP contribution < -0.4 is 4.90 Å². The molecule has 29 heavy (non-hydrogen) atoms. The zero-order valence-electron chi connectivity index (χ0n) is 16.7. The van der Waals surface area contributed by atoms with Crippen molar-refractivity contribution in [3.63, 3.8) is 0 Å². The number of sulfonamides is 1. The number of rotatable bonds is 8. The minimum absolute atomic E-state index is 0.0375. The molecular formula is C20H24N2O6S. The Kier molecular flexibility index (Phi) is 7.49. The van der Waals surface area contributed by atoms with Crippen LogP contribution >= 0.6 is 0 Å². The molecule has 0 aromatic heterocycles. The number of benzene rings is 2. The lowest BCUT2D eigenvalue weighted by Gasteiger charge is -2.26. The van der Waals surface area contributed by atoms with E-state index in [9.17, 15) is 18.0 Å². The predicted molar refractivity (Wildman–Crippen MR) is 108 cm³/mol. The van der Waals surface area contributed by atoms with Gasteiger partial charge in [0.2, 0.25) is 0 Å². The zero-order valence-corrected chi connectivity index (χ0v) is 17.5. The molecule has 0 radical (unpaired) electrons. The van der Waals surface area contributed by atoms with Gasteiger partial charge in [-0.15, -0.1) is 0 Å². The number of hydrogen-bond acceptors (Lipinski definition) is 6. The lowest BCUT2D eigenvalue weighted by molar-refractivity contribution is -0.122. The normalized spacial score (nSPS) is 11.5. The number of hydrogen-bond donors (Lipinski definition) is 0. The summed E-state index contributed by atoms with van der Waals surface area (Å²) in [7, 11) is -1.32. The maximum atomic E-state index is 12.6. The molecule has 0 fully saturated rings. The molecule has 0 aliphatic carbocycles. The molecule has 0 N–H and O–H groups in total. The Morgan fingerprint density at radius 2 is 1.59 bits per heavy atom. The average Bonchev–Trinajstić information content (AvgIpc) is 2.72. The molecule has 1 amide bonds. The van der Waals surface area contributed by atoms with Crippen LogP contribution in [0.25, 0.3) is 0 Å². The number of anilines is 1. The Morgan fingerprint density at radius 1 is 1.00 bits per heavy atom. The molecule has 8 nitrogen and oxygen atoms in total. The second kappa shape index (κ2) is 9.64. The van der Waals surface area contributed by atoms with Crippen molar-refractivity contribution in [1.82, 2.24) is 4.47 Å². The molecule has 2 rings (SSSR count). The highest BCUT2D eigenvalue weighted by Gasteiger charge is 2.23.